The summed E-state index contributed by atoms with van der Waals surface area (Å²) in [5.41, 5.74) is 6.29. The average Bonchev–Trinajstić information content (AvgIpc) is 2.80. The van der Waals surface area contributed by atoms with Crippen molar-refractivity contribution in [2.45, 2.75) is 25.8 Å². The number of nitrogens with two attached hydrogens (primary N) is 1. The van der Waals surface area contributed by atoms with Gasteiger partial charge in [0.25, 0.3) is 5.91 Å². The fourth-order valence-electron chi connectivity index (χ4n) is 1.99. The van der Waals surface area contributed by atoms with Gasteiger partial charge >= 0.3 is 0 Å². The van der Waals surface area contributed by atoms with Crippen LogP contribution in [0.1, 0.15) is 33.0 Å². The van der Waals surface area contributed by atoms with E-state index in [-0.39, 0.29) is 11.8 Å². The summed E-state index contributed by atoms with van der Waals surface area (Å²) < 4.78 is 0. The van der Waals surface area contributed by atoms with Gasteiger partial charge in [-0.25, -0.2) is 0 Å². The molecule has 0 aromatic carbocycles. The van der Waals surface area contributed by atoms with Crippen LogP contribution in [0, 0.1) is 18.8 Å². The number of piperidine rings is 1. The second-order valence-corrected chi connectivity index (χ2v) is 5.64. The van der Waals surface area contributed by atoms with Gasteiger partial charge in [-0.05, 0) is 31.4 Å². The van der Waals surface area contributed by atoms with E-state index in [0.717, 1.165) is 16.9 Å². The first-order valence-corrected chi connectivity index (χ1v) is 7.31. The maximum Gasteiger partial charge on any atom is 0.262 e. The van der Waals surface area contributed by atoms with Gasteiger partial charge in [-0.1, -0.05) is 11.8 Å². The summed E-state index contributed by atoms with van der Waals surface area (Å²) in [6.45, 7) is 2.88. The van der Waals surface area contributed by atoms with Crippen LogP contribution in [0.2, 0.25) is 0 Å². The molecule has 0 bridgehead atoms. The molecule has 1 aromatic rings. The van der Waals surface area contributed by atoms with Crippen LogP contribution in [0.5, 0.6) is 0 Å². The Morgan fingerprint density at radius 1 is 1.65 bits per heavy atom. The van der Waals surface area contributed by atoms with Gasteiger partial charge in [-0.2, -0.15) is 0 Å². The molecule has 1 aromatic heterocycles. The van der Waals surface area contributed by atoms with E-state index in [1.54, 1.807) is 6.07 Å². The number of hydrogen-bond acceptors (Lipinski definition) is 4. The molecule has 4 N–H and O–H groups in total. The molecule has 2 rings (SSSR count). The van der Waals surface area contributed by atoms with Crippen LogP contribution in [0.25, 0.3) is 0 Å². The quantitative estimate of drug-likeness (QED) is 0.689. The van der Waals surface area contributed by atoms with Crippen molar-refractivity contribution in [2.75, 3.05) is 13.1 Å². The van der Waals surface area contributed by atoms with E-state index in [9.17, 15) is 9.59 Å². The largest absolute Gasteiger partial charge is 0.354 e. The summed E-state index contributed by atoms with van der Waals surface area (Å²) in [7, 11) is 0. The summed E-state index contributed by atoms with van der Waals surface area (Å²) in [5.74, 6) is 5.39. The number of amides is 2. The van der Waals surface area contributed by atoms with E-state index in [4.69, 9.17) is 5.73 Å². The molecule has 2 amide bonds. The molecule has 1 aliphatic rings. The van der Waals surface area contributed by atoms with Crippen molar-refractivity contribution in [2.24, 2.45) is 5.73 Å². The maximum atomic E-state index is 12.1. The lowest BCUT2D eigenvalue weighted by molar-refractivity contribution is -0.124. The number of hydrogen-bond donors (Lipinski definition) is 3. The molecule has 1 aliphatic heterocycles. The molecule has 2 heterocycles. The van der Waals surface area contributed by atoms with Crippen molar-refractivity contribution in [3.05, 3.63) is 21.4 Å². The molecule has 1 atom stereocenters. The van der Waals surface area contributed by atoms with Crippen molar-refractivity contribution in [1.82, 2.24) is 10.6 Å². The van der Waals surface area contributed by atoms with E-state index in [0.29, 0.717) is 24.4 Å². The van der Waals surface area contributed by atoms with Crippen molar-refractivity contribution in [3.63, 3.8) is 0 Å². The van der Waals surface area contributed by atoms with E-state index in [1.165, 1.54) is 11.3 Å². The van der Waals surface area contributed by atoms with Gasteiger partial charge in [-0.3, -0.25) is 9.59 Å². The Labute approximate surface area is 121 Å². The van der Waals surface area contributed by atoms with Gasteiger partial charge in [0.2, 0.25) is 5.91 Å². The zero-order chi connectivity index (χ0) is 14.5. The van der Waals surface area contributed by atoms with Gasteiger partial charge in [0, 0.05) is 6.54 Å². The SMILES string of the molecule is Cc1cc(C(=O)NC2CCCNC2=O)sc1C#CCN. The maximum absolute atomic E-state index is 12.1. The summed E-state index contributed by atoms with van der Waals surface area (Å²) in [6, 6.07) is 1.36. The number of thiophene rings is 1. The Kier molecular flexibility index (Phi) is 4.77. The van der Waals surface area contributed by atoms with Gasteiger partial charge < -0.3 is 16.4 Å². The van der Waals surface area contributed by atoms with Crippen molar-refractivity contribution in [1.29, 1.82) is 0 Å². The number of carbonyl (C=O) groups excluding carboxylic acids is 2. The third-order valence-electron chi connectivity index (χ3n) is 3.04. The zero-order valence-electron chi connectivity index (χ0n) is 11.3. The Morgan fingerprint density at radius 3 is 3.15 bits per heavy atom. The second-order valence-electron chi connectivity index (χ2n) is 4.59. The lowest BCUT2D eigenvalue weighted by Gasteiger charge is -2.22. The van der Waals surface area contributed by atoms with Crippen LogP contribution in [0.4, 0.5) is 0 Å². The third kappa shape index (κ3) is 3.38. The molecule has 5 nitrogen and oxygen atoms in total. The predicted octanol–water partition coefficient (Wildman–Crippen LogP) is 0.375. The van der Waals surface area contributed by atoms with Crippen LogP contribution in [0.15, 0.2) is 6.07 Å². The van der Waals surface area contributed by atoms with E-state index in [2.05, 4.69) is 22.5 Å². The van der Waals surface area contributed by atoms with E-state index < -0.39 is 6.04 Å². The molecule has 0 spiro atoms. The minimum atomic E-state index is -0.433. The minimum Gasteiger partial charge on any atom is -0.354 e. The molecule has 1 unspecified atom stereocenters. The van der Waals surface area contributed by atoms with Crippen LogP contribution >= 0.6 is 11.3 Å². The average molecular weight is 291 g/mol. The molecular weight excluding hydrogens is 274 g/mol. The summed E-state index contributed by atoms with van der Waals surface area (Å²) in [6.07, 6.45) is 1.56. The molecule has 0 radical (unpaired) electrons. The molecule has 1 fully saturated rings. The molecule has 6 heteroatoms. The first kappa shape index (κ1) is 14.6. The highest BCUT2D eigenvalue weighted by atomic mass is 32.1. The van der Waals surface area contributed by atoms with E-state index >= 15 is 0 Å². The molecule has 106 valence electrons. The Morgan fingerprint density at radius 2 is 2.45 bits per heavy atom. The van der Waals surface area contributed by atoms with Crippen molar-refractivity contribution < 1.29 is 9.59 Å². The van der Waals surface area contributed by atoms with Gasteiger partial charge in [0.15, 0.2) is 0 Å². The lowest BCUT2D eigenvalue weighted by atomic mass is 10.1. The van der Waals surface area contributed by atoms with Crippen LogP contribution in [-0.4, -0.2) is 30.9 Å². The topological polar surface area (TPSA) is 84.2 Å². The Hall–Kier alpha value is -1.84. The van der Waals surface area contributed by atoms with Crippen LogP contribution < -0.4 is 16.4 Å². The fraction of sp³-hybridized carbons (Fsp3) is 0.429. The number of nitrogens with one attached hydrogen (secondary N) is 2. The van der Waals surface area contributed by atoms with E-state index in [1.807, 2.05) is 6.92 Å². The molecular formula is C14H17N3O2S. The van der Waals surface area contributed by atoms with Crippen molar-refractivity contribution in [3.8, 4) is 11.8 Å². The lowest BCUT2D eigenvalue weighted by Crippen LogP contribution is -2.50. The Balaban J connectivity index is 2.07. The van der Waals surface area contributed by atoms with Gasteiger partial charge in [0.05, 0.1) is 16.3 Å². The number of aryl methyl sites for hydroxylation is 1. The zero-order valence-corrected chi connectivity index (χ0v) is 12.1. The highest BCUT2D eigenvalue weighted by Gasteiger charge is 2.24. The standard InChI is InChI=1S/C14H17N3O2S/c1-9-8-12(20-11(9)5-2-6-15)14(19)17-10-4-3-7-16-13(10)18/h8,10H,3-4,6-7,15H2,1H3,(H,16,18)(H,17,19). The molecule has 1 saturated heterocycles. The fourth-order valence-corrected chi connectivity index (χ4v) is 2.94. The third-order valence-corrected chi connectivity index (χ3v) is 4.19. The highest BCUT2D eigenvalue weighted by Crippen LogP contribution is 2.21. The minimum absolute atomic E-state index is 0.110. The first-order chi connectivity index (χ1) is 9.61. The smallest absolute Gasteiger partial charge is 0.262 e. The summed E-state index contributed by atoms with van der Waals surface area (Å²) in [5, 5.41) is 5.52. The second kappa shape index (κ2) is 6.55. The molecule has 20 heavy (non-hydrogen) atoms. The molecule has 0 saturated carbocycles. The first-order valence-electron chi connectivity index (χ1n) is 6.49. The highest BCUT2D eigenvalue weighted by molar-refractivity contribution is 7.14. The molecule has 0 aliphatic carbocycles. The van der Waals surface area contributed by atoms with Crippen LogP contribution in [-0.2, 0) is 4.79 Å². The predicted molar refractivity (Wildman–Crippen MR) is 78.5 cm³/mol. The summed E-state index contributed by atoms with van der Waals surface area (Å²) in [4.78, 5) is 25.2. The summed E-state index contributed by atoms with van der Waals surface area (Å²) >= 11 is 1.32. The number of carbonyl (C=O) groups is 2. The Bertz CT molecular complexity index is 583. The number of rotatable bonds is 2. The monoisotopic (exact) mass is 291 g/mol. The van der Waals surface area contributed by atoms with Crippen molar-refractivity contribution >= 4 is 23.2 Å². The normalized spacial score (nSPS) is 17.9. The van der Waals surface area contributed by atoms with Gasteiger partial charge in [-0.15, -0.1) is 11.3 Å². The van der Waals surface area contributed by atoms with Crippen LogP contribution in [0.3, 0.4) is 0 Å². The van der Waals surface area contributed by atoms with Gasteiger partial charge in [0.1, 0.15) is 6.04 Å².